The maximum absolute atomic E-state index is 13.2. The van der Waals surface area contributed by atoms with Gasteiger partial charge in [0.05, 0.1) is 22.1 Å². The summed E-state index contributed by atoms with van der Waals surface area (Å²) in [7, 11) is 5.34. The van der Waals surface area contributed by atoms with Crippen LogP contribution in [0.1, 0.15) is 31.2 Å². The molecule has 7 N–H and O–H groups in total. The van der Waals surface area contributed by atoms with E-state index >= 15 is 0 Å². The van der Waals surface area contributed by atoms with Crippen LogP contribution in [0.5, 0.6) is 0 Å². The Morgan fingerprint density at radius 3 is 2.16 bits per heavy atom. The molecule has 16 heteroatoms. The van der Waals surface area contributed by atoms with E-state index in [4.69, 9.17) is 11.5 Å². The number of aromatic nitrogens is 1. The number of nitrogens with two attached hydrogens (primary N) is 2. The lowest BCUT2D eigenvalue weighted by Gasteiger charge is -2.27. The predicted octanol–water partition coefficient (Wildman–Crippen LogP) is -2.34. The number of amides is 5. The standard InChI is InChI=1S/C21H33N7O7P2/c1-28(11-17(23)30)21(34)15(9-12-3-2-8-24-10-12)26-19(32)13(4-6-16(22)29)25-20(33)14(27-36)5-7-18(31)35-37/h2-3,8,10,13-15,27H,4-7,9,11,36-37H2,1H3,(H2,22,29)(H2,23,30)(H,25,33)(H,26,32)/t13-,14-,15-/m0/s1. The number of carbonyl (C=O) groups excluding carboxylic acids is 6. The summed E-state index contributed by atoms with van der Waals surface area (Å²) < 4.78 is 4.49. The Hall–Kier alpha value is -3.21. The summed E-state index contributed by atoms with van der Waals surface area (Å²) in [5, 5.41) is 7.79. The van der Waals surface area contributed by atoms with Crippen molar-refractivity contribution < 1.29 is 33.3 Å². The summed E-state index contributed by atoms with van der Waals surface area (Å²) in [5.74, 6) is -3.97. The topological polar surface area (TPSA) is 216 Å². The molecule has 0 saturated carbocycles. The van der Waals surface area contributed by atoms with Crippen molar-refractivity contribution in [1.29, 1.82) is 0 Å². The normalized spacial score (nSPS) is 12.9. The fraction of sp³-hybridized carbons (Fsp3) is 0.476. The predicted molar refractivity (Wildman–Crippen MR) is 139 cm³/mol. The molecule has 1 rings (SSSR count). The fourth-order valence-corrected chi connectivity index (χ4v) is 3.68. The molecule has 1 heterocycles. The van der Waals surface area contributed by atoms with E-state index in [-0.39, 0.29) is 38.6 Å². The van der Waals surface area contributed by atoms with Crippen molar-refractivity contribution in [3.63, 3.8) is 0 Å². The van der Waals surface area contributed by atoms with Gasteiger partial charge < -0.3 is 31.5 Å². The summed E-state index contributed by atoms with van der Waals surface area (Å²) in [6.45, 7) is -0.375. The third kappa shape index (κ3) is 12.1. The highest BCUT2D eigenvalue weighted by atomic mass is 31.0. The number of carbonyl (C=O) groups is 6. The second-order valence-electron chi connectivity index (χ2n) is 8.10. The largest absolute Gasteiger partial charge is 0.452 e. The van der Waals surface area contributed by atoms with Crippen LogP contribution in [0.4, 0.5) is 0 Å². The second kappa shape index (κ2) is 16.5. The second-order valence-corrected chi connectivity index (χ2v) is 8.67. The molecule has 0 aliphatic carbocycles. The number of primary amides is 2. The number of hydrogen-bond acceptors (Lipinski definition) is 9. The Balaban J connectivity index is 3.10. The van der Waals surface area contributed by atoms with Gasteiger partial charge in [-0.1, -0.05) is 15.5 Å². The molecule has 5 amide bonds. The van der Waals surface area contributed by atoms with Gasteiger partial charge in [-0.15, -0.1) is 0 Å². The van der Waals surface area contributed by atoms with Crippen LogP contribution in [0.15, 0.2) is 24.5 Å². The Labute approximate surface area is 218 Å². The molecule has 14 nitrogen and oxygen atoms in total. The average Bonchev–Trinajstić information content (AvgIpc) is 2.85. The zero-order chi connectivity index (χ0) is 28.0. The van der Waals surface area contributed by atoms with Gasteiger partial charge in [0, 0.05) is 38.7 Å². The first kappa shape index (κ1) is 31.8. The lowest BCUT2D eigenvalue weighted by molar-refractivity contribution is -0.138. The molecule has 0 aromatic carbocycles. The zero-order valence-corrected chi connectivity index (χ0v) is 22.7. The maximum Gasteiger partial charge on any atom is 0.307 e. The van der Waals surface area contributed by atoms with Gasteiger partial charge in [0.1, 0.15) is 12.1 Å². The van der Waals surface area contributed by atoms with Crippen LogP contribution in [0.25, 0.3) is 0 Å². The van der Waals surface area contributed by atoms with Gasteiger partial charge in [0.15, 0.2) is 0 Å². The van der Waals surface area contributed by atoms with Gasteiger partial charge in [-0.05, 0) is 24.5 Å². The van der Waals surface area contributed by atoms with Gasteiger partial charge in [0.25, 0.3) is 0 Å². The third-order valence-electron chi connectivity index (χ3n) is 5.15. The van der Waals surface area contributed by atoms with Crippen molar-refractivity contribution in [2.24, 2.45) is 11.5 Å². The van der Waals surface area contributed by atoms with Crippen LogP contribution in [0.3, 0.4) is 0 Å². The highest BCUT2D eigenvalue weighted by molar-refractivity contribution is 7.13. The molecule has 2 unspecified atom stereocenters. The summed E-state index contributed by atoms with van der Waals surface area (Å²) in [6.07, 6.45) is 2.71. The number of hydrogen-bond donors (Lipinski definition) is 5. The van der Waals surface area contributed by atoms with Crippen molar-refractivity contribution in [1.82, 2.24) is 25.6 Å². The van der Waals surface area contributed by atoms with Gasteiger partial charge in [-0.25, -0.2) is 0 Å². The van der Waals surface area contributed by atoms with Crippen LogP contribution >= 0.6 is 18.9 Å². The lowest BCUT2D eigenvalue weighted by Crippen LogP contribution is -2.57. The first-order valence-electron chi connectivity index (χ1n) is 11.1. The van der Waals surface area contributed by atoms with Crippen molar-refractivity contribution in [2.45, 2.75) is 50.2 Å². The summed E-state index contributed by atoms with van der Waals surface area (Å²) in [4.78, 5) is 78.2. The van der Waals surface area contributed by atoms with Crippen molar-refractivity contribution in [3.8, 4) is 0 Å². The summed E-state index contributed by atoms with van der Waals surface area (Å²) >= 11 is 0. The molecule has 0 spiro atoms. The van der Waals surface area contributed by atoms with Crippen molar-refractivity contribution in [3.05, 3.63) is 30.1 Å². The zero-order valence-electron chi connectivity index (χ0n) is 20.3. The number of likely N-dealkylation sites (N-methyl/N-ethyl adjacent to an activating group) is 1. The van der Waals surface area contributed by atoms with Crippen LogP contribution in [0.2, 0.25) is 0 Å². The molecule has 1 aromatic heterocycles. The molecule has 0 aliphatic heterocycles. The molecule has 5 atom stereocenters. The lowest BCUT2D eigenvalue weighted by atomic mass is 10.0. The molecule has 0 aliphatic rings. The van der Waals surface area contributed by atoms with Gasteiger partial charge in [0.2, 0.25) is 29.5 Å². The van der Waals surface area contributed by atoms with Crippen LogP contribution < -0.4 is 27.2 Å². The minimum atomic E-state index is -1.24. The molecule has 0 fully saturated rings. The Morgan fingerprint density at radius 1 is 1.00 bits per heavy atom. The number of nitrogens with zero attached hydrogens (tertiary/aromatic N) is 2. The van der Waals surface area contributed by atoms with E-state index < -0.39 is 53.6 Å². The average molecular weight is 557 g/mol. The summed E-state index contributed by atoms with van der Waals surface area (Å²) in [5.41, 5.74) is 11.0. The van der Waals surface area contributed by atoms with Gasteiger partial charge >= 0.3 is 5.97 Å². The fourth-order valence-electron chi connectivity index (χ4n) is 3.24. The first-order chi connectivity index (χ1) is 17.5. The monoisotopic (exact) mass is 557 g/mol. The van der Waals surface area contributed by atoms with E-state index in [1.165, 1.54) is 13.2 Å². The van der Waals surface area contributed by atoms with Crippen LogP contribution in [0, 0.1) is 0 Å². The van der Waals surface area contributed by atoms with E-state index in [0.717, 1.165) is 4.90 Å². The van der Waals surface area contributed by atoms with E-state index in [1.54, 1.807) is 18.3 Å². The molecule has 37 heavy (non-hydrogen) atoms. The quantitative estimate of drug-likeness (QED) is 0.138. The van der Waals surface area contributed by atoms with E-state index in [9.17, 15) is 28.8 Å². The molecule has 204 valence electrons. The molecule has 1 aromatic rings. The van der Waals surface area contributed by atoms with Gasteiger partial charge in [-0.2, -0.15) is 0 Å². The van der Waals surface area contributed by atoms with E-state index in [0.29, 0.717) is 5.56 Å². The minimum absolute atomic E-state index is 0.0327. The molecular formula is C21H33N7O7P2. The molecule has 0 bridgehead atoms. The molecule has 0 saturated heterocycles. The minimum Gasteiger partial charge on any atom is -0.452 e. The number of pyridine rings is 1. The number of rotatable bonds is 16. The Morgan fingerprint density at radius 2 is 1.62 bits per heavy atom. The van der Waals surface area contributed by atoms with E-state index in [1.807, 2.05) is 9.47 Å². The SMILES string of the molecule is CN(CC(N)=O)C(=O)[C@H](Cc1cccnc1)NC(=O)[C@H](CCC(N)=O)NC(=O)[C@H](CCC(=O)OP)NP. The smallest absolute Gasteiger partial charge is 0.307 e. The summed E-state index contributed by atoms with van der Waals surface area (Å²) in [6, 6.07) is 0.105. The third-order valence-corrected chi connectivity index (χ3v) is 5.81. The van der Waals surface area contributed by atoms with Crippen LogP contribution in [-0.2, 0) is 39.7 Å². The maximum atomic E-state index is 13.2. The highest BCUT2D eigenvalue weighted by Crippen LogP contribution is 2.08. The van der Waals surface area contributed by atoms with Crippen molar-refractivity contribution >= 4 is 54.4 Å². The Kier molecular flexibility index (Phi) is 14.2. The highest BCUT2D eigenvalue weighted by Gasteiger charge is 2.30. The first-order valence-corrected chi connectivity index (χ1v) is 12.2. The van der Waals surface area contributed by atoms with Gasteiger partial charge in [-0.3, -0.25) is 38.8 Å². The van der Waals surface area contributed by atoms with Crippen LogP contribution in [-0.4, -0.2) is 77.1 Å². The van der Waals surface area contributed by atoms with E-state index in [2.05, 4.69) is 34.6 Å². The molecular weight excluding hydrogens is 524 g/mol. The Bertz CT molecular complexity index is 968. The van der Waals surface area contributed by atoms with Crippen molar-refractivity contribution in [2.75, 3.05) is 13.6 Å². The number of nitrogens with one attached hydrogen (secondary N) is 3. The molecule has 0 radical (unpaired) electrons.